The van der Waals surface area contributed by atoms with Crippen molar-refractivity contribution in [1.82, 2.24) is 0 Å². The number of rotatable bonds is 0. The van der Waals surface area contributed by atoms with Gasteiger partial charge in [0.1, 0.15) is 0 Å². The van der Waals surface area contributed by atoms with Gasteiger partial charge in [-0.25, -0.2) is 0 Å². The summed E-state index contributed by atoms with van der Waals surface area (Å²) in [5, 5.41) is 0. The fourth-order valence-electron chi connectivity index (χ4n) is 0. The van der Waals surface area contributed by atoms with Crippen LogP contribution in [0.15, 0.2) is 0 Å². The Morgan fingerprint density at radius 1 is 1.17 bits per heavy atom. The first-order valence-electron chi connectivity index (χ1n) is 0.612. The van der Waals surface area contributed by atoms with Gasteiger partial charge in [-0.2, -0.15) is 0 Å². The fraction of sp³-hybridized carbons (Fsp3) is 0. The van der Waals surface area contributed by atoms with Crippen LogP contribution in [0.3, 0.4) is 0 Å². The van der Waals surface area contributed by atoms with E-state index in [0.717, 1.165) is 0 Å². The topological polar surface area (TPSA) is 63.2 Å². The average Bonchev–Trinajstić information content (AvgIpc) is 0.811. The van der Waals surface area contributed by atoms with Gasteiger partial charge in [-0.3, -0.25) is 0 Å². The van der Waals surface area contributed by atoms with Crippen LogP contribution >= 0.6 is 0 Å². The van der Waals surface area contributed by atoms with E-state index >= 15 is 0 Å². The fourth-order valence-corrected chi connectivity index (χ4v) is 0. The monoisotopic (exact) mass is 388 g/mol. The molecule has 0 aliphatic carbocycles. The Morgan fingerprint density at radius 2 is 1.17 bits per heavy atom. The van der Waals surface area contributed by atoms with Crippen LogP contribution in [0.4, 0.5) is 0 Å². The molecule has 0 saturated heterocycles. The van der Waals surface area contributed by atoms with E-state index in [-0.39, 0.29) is 138 Å². The van der Waals surface area contributed by atoms with E-state index in [1.165, 1.54) is 0 Å². The summed E-state index contributed by atoms with van der Waals surface area (Å²) in [6, 6.07) is 0. The molecule has 6 heavy (non-hydrogen) atoms. The van der Waals surface area contributed by atoms with Crippen LogP contribution in [0.5, 0.6) is 0 Å². The molecule has 0 aromatic heterocycles. The second-order valence-corrected chi connectivity index (χ2v) is 1.30. The number of hydrogen-bond donors (Lipinski definition) is 0. The summed E-state index contributed by atoms with van der Waals surface area (Å²) in [5.74, 6) is 0. The molecule has 0 unspecified atom stereocenters. The second-order valence-electron chi connectivity index (χ2n) is 0.250. The Bertz CT molecular complexity index is 31.8. The van der Waals surface area contributed by atoms with E-state index in [9.17, 15) is 0 Å². The molecule has 0 atom stereocenters. The Morgan fingerprint density at radius 3 is 1.17 bits per heavy atom. The maximum absolute atomic E-state index is 8.58. The molecule has 6 heteroatoms. The van der Waals surface area contributed by atoms with Crippen molar-refractivity contribution in [3.05, 3.63) is 0 Å². The quantitative estimate of drug-likeness (QED) is 0.389. The van der Waals surface area contributed by atoms with Gasteiger partial charge in [0.2, 0.25) is 0 Å². The summed E-state index contributed by atoms with van der Waals surface area (Å²) in [6.45, 7) is 0. The van der Waals surface area contributed by atoms with Crippen LogP contribution in [0.1, 0.15) is 0 Å². The molecule has 0 saturated carbocycles. The van der Waals surface area contributed by atoms with E-state index < -0.39 is 15.0 Å². The van der Waals surface area contributed by atoms with Crippen LogP contribution in [-0.2, 0) is 3.78 Å². The van der Waals surface area contributed by atoms with E-state index in [1.807, 2.05) is 0 Å². The third kappa shape index (κ3) is 24.4. The molecular formula is Cs2GeO3. The van der Waals surface area contributed by atoms with Gasteiger partial charge in [0.15, 0.2) is 0 Å². The molecule has 3 nitrogen and oxygen atoms in total. The third-order valence-electron chi connectivity index (χ3n) is 0. The van der Waals surface area contributed by atoms with Gasteiger partial charge in [0, 0.05) is 0 Å². The predicted molar refractivity (Wildman–Crippen MR) is 6.44 cm³/mol. The summed E-state index contributed by atoms with van der Waals surface area (Å²) < 4.78 is 25.8. The molecule has 0 aromatic carbocycles. The average molecular weight is 386 g/mol. The van der Waals surface area contributed by atoms with Gasteiger partial charge in [0.05, 0.1) is 0 Å². The Balaban J connectivity index is -0.0000000450. The molecule has 0 aromatic rings. The Labute approximate surface area is 158 Å². The summed E-state index contributed by atoms with van der Waals surface area (Å²) in [6.07, 6.45) is 0. The summed E-state index contributed by atoms with van der Waals surface area (Å²) in [7, 11) is 0. The molecule has 24 valence electrons. The van der Waals surface area contributed by atoms with E-state index in [1.54, 1.807) is 0 Å². The van der Waals surface area contributed by atoms with Gasteiger partial charge < -0.3 is 0 Å². The molecule has 0 aliphatic rings. The minimum atomic E-state index is -4.08. The molecule has 0 fully saturated rings. The van der Waals surface area contributed by atoms with Crippen LogP contribution < -0.4 is 146 Å². The predicted octanol–water partition coefficient (Wildman–Crippen LogP) is -8.87. The van der Waals surface area contributed by atoms with Gasteiger partial charge in [-0.1, -0.05) is 0 Å². The molecule has 0 heterocycles. The Kier molecular flexibility index (Phi) is 32.6. The standard InChI is InChI=1S/2Cs.GeO3/c;;2-1(3)4/q2*+1;-2. The van der Waals surface area contributed by atoms with Crippen molar-refractivity contribution >= 4 is 15.0 Å². The molecule has 0 radical (unpaired) electrons. The molecule has 0 spiro atoms. The molecule has 0 rings (SSSR count). The molecule has 0 amide bonds. The van der Waals surface area contributed by atoms with Gasteiger partial charge >= 0.3 is 165 Å². The van der Waals surface area contributed by atoms with Crippen LogP contribution in [-0.4, -0.2) is 15.0 Å². The van der Waals surface area contributed by atoms with Gasteiger partial charge in [-0.05, 0) is 0 Å². The third-order valence-corrected chi connectivity index (χ3v) is 0. The van der Waals surface area contributed by atoms with Crippen molar-refractivity contribution < 1.29 is 150 Å². The second kappa shape index (κ2) is 11.8. The van der Waals surface area contributed by atoms with Crippen LogP contribution in [0.25, 0.3) is 0 Å². The van der Waals surface area contributed by atoms with E-state index in [4.69, 9.17) is 12.0 Å². The molecule has 0 aliphatic heterocycles. The maximum atomic E-state index is 8.58. The van der Waals surface area contributed by atoms with Crippen molar-refractivity contribution in [3.8, 4) is 0 Å². The first-order valence-corrected chi connectivity index (χ1v) is 3.18. The SMILES string of the molecule is [Cs+].[Cs+].[O]=[Ge]([O-])[O-]. The van der Waals surface area contributed by atoms with Crippen molar-refractivity contribution in [3.63, 3.8) is 0 Å². The zero-order valence-corrected chi connectivity index (χ0v) is 18.4. The molecular weight excluding hydrogens is 386 g/mol. The van der Waals surface area contributed by atoms with Gasteiger partial charge in [-0.15, -0.1) is 0 Å². The summed E-state index contributed by atoms with van der Waals surface area (Å²) >= 11 is -4.08. The van der Waals surface area contributed by atoms with Crippen molar-refractivity contribution in [2.75, 3.05) is 0 Å². The summed E-state index contributed by atoms with van der Waals surface area (Å²) in [5.41, 5.74) is 0. The zero-order chi connectivity index (χ0) is 3.58. The van der Waals surface area contributed by atoms with E-state index in [0.29, 0.717) is 0 Å². The zero-order valence-electron chi connectivity index (χ0n) is 3.72. The number of hydrogen-bond acceptors (Lipinski definition) is 3. The van der Waals surface area contributed by atoms with Crippen LogP contribution in [0, 0.1) is 0 Å². The van der Waals surface area contributed by atoms with Crippen molar-refractivity contribution in [1.29, 1.82) is 0 Å². The molecule has 0 N–H and O–H groups in total. The van der Waals surface area contributed by atoms with Crippen molar-refractivity contribution in [2.24, 2.45) is 0 Å². The molecule has 0 bridgehead atoms. The first-order chi connectivity index (χ1) is 1.73. The van der Waals surface area contributed by atoms with Gasteiger partial charge in [0.25, 0.3) is 0 Å². The van der Waals surface area contributed by atoms with Crippen molar-refractivity contribution in [2.45, 2.75) is 0 Å². The van der Waals surface area contributed by atoms with E-state index in [2.05, 4.69) is 0 Å². The summed E-state index contributed by atoms with van der Waals surface area (Å²) in [4.78, 5) is 0. The normalized spacial score (nSPS) is 4.00. The first kappa shape index (κ1) is 16.6. The van der Waals surface area contributed by atoms with Crippen LogP contribution in [0.2, 0.25) is 0 Å². The Hall–Kier alpha value is 4.05. The minimum absolute atomic E-state index is 0.